The molecule has 0 aliphatic carbocycles. The Balaban J connectivity index is 1.35. The molecule has 1 aromatic heterocycles. The molecule has 0 bridgehead atoms. The van der Waals surface area contributed by atoms with E-state index in [9.17, 15) is 4.79 Å². The zero-order chi connectivity index (χ0) is 25.6. The fourth-order valence-electron chi connectivity index (χ4n) is 3.87. The van der Waals surface area contributed by atoms with E-state index in [0.29, 0.717) is 11.6 Å². The summed E-state index contributed by atoms with van der Waals surface area (Å²) in [6, 6.07) is 25.3. The molecule has 1 aliphatic rings. The maximum Gasteiger partial charge on any atom is 0.239 e. The molecule has 37 heavy (non-hydrogen) atoms. The molecule has 1 aliphatic heterocycles. The van der Waals surface area contributed by atoms with Crippen LogP contribution in [0.25, 0.3) is 16.9 Å². The zero-order valence-electron chi connectivity index (χ0n) is 20.4. The number of para-hydroxylation sites is 1. The number of nitrogens with zero attached hydrogens (tertiary/aromatic N) is 4. The van der Waals surface area contributed by atoms with Gasteiger partial charge in [0, 0.05) is 17.3 Å². The van der Waals surface area contributed by atoms with E-state index in [0.717, 1.165) is 39.6 Å². The van der Waals surface area contributed by atoms with Gasteiger partial charge in [-0.15, -0.1) is 5.10 Å². The fourth-order valence-corrected chi connectivity index (χ4v) is 4.84. The summed E-state index contributed by atoms with van der Waals surface area (Å²) >= 11 is 1.38. The highest BCUT2D eigenvalue weighted by Gasteiger charge is 2.30. The number of thioether (sulfide) groups is 1. The summed E-state index contributed by atoms with van der Waals surface area (Å²) in [5, 5.41) is 16.4. The first-order valence-corrected chi connectivity index (χ1v) is 12.5. The number of carbonyl (C=O) groups is 1. The molecule has 1 N–H and O–H groups in total. The average molecular weight is 512 g/mol. The van der Waals surface area contributed by atoms with Crippen molar-refractivity contribution in [2.45, 2.75) is 11.7 Å². The van der Waals surface area contributed by atoms with Gasteiger partial charge in [0.2, 0.25) is 5.91 Å². The van der Waals surface area contributed by atoms with Crippen molar-refractivity contribution in [3.63, 3.8) is 0 Å². The van der Waals surface area contributed by atoms with E-state index in [2.05, 4.69) is 15.5 Å². The van der Waals surface area contributed by atoms with Crippen LogP contribution in [0.3, 0.4) is 0 Å². The summed E-state index contributed by atoms with van der Waals surface area (Å²) in [5.41, 5.74) is 4.46. The predicted molar refractivity (Wildman–Crippen MR) is 147 cm³/mol. The highest BCUT2D eigenvalue weighted by atomic mass is 32.2. The first-order valence-electron chi connectivity index (χ1n) is 11.6. The summed E-state index contributed by atoms with van der Waals surface area (Å²) in [6.07, 6.45) is 4.16. The fraction of sp³-hybridized carbons (Fsp3) is 0.143. The Labute approximate surface area is 219 Å². The number of hydrogen-bond acceptors (Lipinski definition) is 7. The summed E-state index contributed by atoms with van der Waals surface area (Å²) in [4.78, 5) is 12.5. The topological polar surface area (TPSA) is 90.1 Å². The number of methoxy groups -OCH3 is 2. The average Bonchev–Trinajstić information content (AvgIpc) is 3.53. The molecule has 0 radical (unpaired) electrons. The summed E-state index contributed by atoms with van der Waals surface area (Å²) in [5.74, 6) is 1.48. The Morgan fingerprint density at radius 2 is 1.65 bits per heavy atom. The molecule has 1 fully saturated rings. The molecule has 1 unspecified atom stereocenters. The van der Waals surface area contributed by atoms with E-state index in [4.69, 9.17) is 14.6 Å². The molecule has 3 aromatic carbocycles. The van der Waals surface area contributed by atoms with Gasteiger partial charge in [-0.25, -0.2) is 4.68 Å². The van der Waals surface area contributed by atoms with Gasteiger partial charge in [-0.05, 0) is 60.5 Å². The lowest BCUT2D eigenvalue weighted by atomic mass is 10.1. The Bertz CT molecular complexity index is 1430. The number of benzene rings is 3. The number of nitrogens with one attached hydrogen (secondary N) is 1. The summed E-state index contributed by atoms with van der Waals surface area (Å²) in [6.45, 7) is 0. The second-order valence-corrected chi connectivity index (χ2v) is 9.43. The highest BCUT2D eigenvalue weighted by Crippen LogP contribution is 2.26. The third kappa shape index (κ3) is 5.73. The van der Waals surface area contributed by atoms with Crippen LogP contribution >= 0.6 is 11.8 Å². The lowest BCUT2D eigenvalue weighted by molar-refractivity contribution is -0.118. The van der Waals surface area contributed by atoms with Crippen LogP contribution in [0, 0.1) is 0 Å². The number of amidine groups is 1. The first-order chi connectivity index (χ1) is 18.1. The van der Waals surface area contributed by atoms with E-state index in [-0.39, 0.29) is 11.2 Å². The maximum atomic E-state index is 12.5. The standard InChI is InChI=1S/C28H25N5O3S/c1-35-23-12-8-19(9-13-23)16-25-27(34)30-28(37-25)31-29-17-21-18-33(22-6-4-3-5-7-22)32-26(21)20-10-14-24(36-2)15-11-20/h3-15,17-18,25H,16H2,1-2H3,(H,30,31,34)/b29-17+. The van der Waals surface area contributed by atoms with Gasteiger partial charge in [0.05, 0.1) is 31.4 Å². The van der Waals surface area contributed by atoms with Crippen LogP contribution in [0.1, 0.15) is 11.1 Å². The van der Waals surface area contributed by atoms with Crippen LogP contribution < -0.4 is 14.8 Å². The van der Waals surface area contributed by atoms with Crippen molar-refractivity contribution in [1.82, 2.24) is 15.1 Å². The highest BCUT2D eigenvalue weighted by molar-refractivity contribution is 8.15. The Hall–Kier alpha value is -4.37. The lowest BCUT2D eigenvalue weighted by Gasteiger charge is -2.06. The van der Waals surface area contributed by atoms with Crippen LogP contribution in [-0.4, -0.2) is 46.5 Å². The van der Waals surface area contributed by atoms with Crippen LogP contribution in [0.5, 0.6) is 11.5 Å². The third-order valence-corrected chi connectivity index (χ3v) is 6.90. The quantitative estimate of drug-likeness (QED) is 0.273. The number of hydrogen-bond donors (Lipinski definition) is 1. The summed E-state index contributed by atoms with van der Waals surface area (Å²) < 4.78 is 12.3. The van der Waals surface area contributed by atoms with E-state index in [1.807, 2.05) is 89.7 Å². The van der Waals surface area contributed by atoms with Gasteiger partial charge in [-0.2, -0.15) is 10.2 Å². The third-order valence-electron chi connectivity index (χ3n) is 5.83. The molecule has 2 heterocycles. The molecule has 0 saturated carbocycles. The number of aromatic nitrogens is 2. The minimum absolute atomic E-state index is 0.0782. The SMILES string of the molecule is COc1ccc(CC2S/C(=N/N=C/c3cn(-c4ccccc4)nc3-c3ccc(OC)cc3)NC2=O)cc1. The van der Waals surface area contributed by atoms with Crippen molar-refractivity contribution in [3.05, 3.63) is 96.2 Å². The lowest BCUT2D eigenvalue weighted by Crippen LogP contribution is -2.25. The van der Waals surface area contributed by atoms with E-state index < -0.39 is 0 Å². The second-order valence-electron chi connectivity index (χ2n) is 8.24. The molecule has 1 amide bonds. The van der Waals surface area contributed by atoms with Gasteiger partial charge in [-0.1, -0.05) is 42.1 Å². The van der Waals surface area contributed by atoms with Crippen LogP contribution in [0.15, 0.2) is 95.3 Å². The van der Waals surface area contributed by atoms with Crippen molar-refractivity contribution < 1.29 is 14.3 Å². The van der Waals surface area contributed by atoms with Gasteiger partial charge < -0.3 is 14.8 Å². The molecule has 1 saturated heterocycles. The van der Waals surface area contributed by atoms with Crippen LogP contribution in [0.4, 0.5) is 0 Å². The number of rotatable bonds is 8. The molecule has 0 spiro atoms. The number of ether oxygens (including phenoxy) is 2. The van der Waals surface area contributed by atoms with Crippen molar-refractivity contribution in [2.75, 3.05) is 14.2 Å². The van der Waals surface area contributed by atoms with Gasteiger partial charge >= 0.3 is 0 Å². The maximum absolute atomic E-state index is 12.5. The second kappa shape index (κ2) is 11.1. The van der Waals surface area contributed by atoms with Crippen molar-refractivity contribution in [1.29, 1.82) is 0 Å². The van der Waals surface area contributed by atoms with Crippen LogP contribution in [0.2, 0.25) is 0 Å². The largest absolute Gasteiger partial charge is 0.497 e. The first kappa shape index (κ1) is 24.3. The Morgan fingerprint density at radius 3 is 2.32 bits per heavy atom. The predicted octanol–water partition coefficient (Wildman–Crippen LogP) is 4.72. The monoisotopic (exact) mass is 511 g/mol. The van der Waals surface area contributed by atoms with Crippen molar-refractivity contribution in [3.8, 4) is 28.4 Å². The molecule has 186 valence electrons. The molecule has 9 heteroatoms. The molecule has 8 nitrogen and oxygen atoms in total. The minimum atomic E-state index is -0.266. The van der Waals surface area contributed by atoms with E-state index in [1.165, 1.54) is 11.8 Å². The molecule has 4 aromatic rings. The number of carbonyl (C=O) groups excluding carboxylic acids is 1. The molecule has 5 rings (SSSR count). The van der Waals surface area contributed by atoms with Crippen LogP contribution in [-0.2, 0) is 11.2 Å². The van der Waals surface area contributed by atoms with Crippen molar-refractivity contribution >= 4 is 29.1 Å². The Morgan fingerprint density at radius 1 is 0.973 bits per heavy atom. The molecular formula is C28H25N5O3S. The van der Waals surface area contributed by atoms with Gasteiger partial charge in [0.25, 0.3) is 0 Å². The Kier molecular flexibility index (Phi) is 7.32. The molecule has 1 atom stereocenters. The normalized spacial score (nSPS) is 16.3. The van der Waals surface area contributed by atoms with E-state index in [1.54, 1.807) is 20.4 Å². The molecular weight excluding hydrogens is 486 g/mol. The zero-order valence-corrected chi connectivity index (χ0v) is 21.2. The van der Waals surface area contributed by atoms with Gasteiger partial charge in [-0.3, -0.25) is 4.79 Å². The van der Waals surface area contributed by atoms with Gasteiger partial charge in [0.15, 0.2) is 5.17 Å². The minimum Gasteiger partial charge on any atom is -0.497 e. The smallest absolute Gasteiger partial charge is 0.239 e. The number of amides is 1. The summed E-state index contributed by atoms with van der Waals surface area (Å²) in [7, 11) is 3.27. The van der Waals surface area contributed by atoms with E-state index >= 15 is 0 Å². The van der Waals surface area contributed by atoms with Crippen molar-refractivity contribution in [2.24, 2.45) is 10.2 Å². The van der Waals surface area contributed by atoms with Gasteiger partial charge in [0.1, 0.15) is 17.2 Å².